The third-order valence-electron chi connectivity index (χ3n) is 9.87. The number of halogens is 1. The Kier molecular flexibility index (Phi) is 12.8. The Hall–Kier alpha value is -2.49. The van der Waals surface area contributed by atoms with Gasteiger partial charge in [0.05, 0.1) is 11.7 Å². The van der Waals surface area contributed by atoms with Crippen molar-refractivity contribution < 1.29 is 57.3 Å². The standard InChI is InChI=1S/C18H22O6.C11H18O5.C7H5ClO.2CH4/c1-17(2)22-13-14(23-17)18(24-16(13)20-3)10-9-12(18)21-15(19)11-7-5-4-6-8-11;1-10(2)14-7-8(15-10)11(5-4-6(11)12)16-9(7)13-3;8-7(9)6-4-2-1-3-5-6;;/h4-8,12-14,16H,9-10H2,1-3H3;6-9,12H,4-5H2,1-3H3;1-5H;2*1H4/t12-,13?,14-,16-,18+;6-,7?,8-,9-,11+;;;/m11.../s1. The van der Waals surface area contributed by atoms with Crippen LogP contribution in [0.15, 0.2) is 60.7 Å². The highest BCUT2D eigenvalue weighted by atomic mass is 35.5. The molecule has 0 aromatic heterocycles. The van der Waals surface area contributed by atoms with Crippen LogP contribution in [-0.2, 0) is 42.6 Å². The van der Waals surface area contributed by atoms with Crippen LogP contribution in [0.4, 0.5) is 0 Å². The number of hydrogen-bond donors (Lipinski definition) is 1. The zero-order chi connectivity index (χ0) is 35.2. The molecule has 12 nitrogen and oxygen atoms in total. The molecule has 4 saturated heterocycles. The average Bonchev–Trinajstić information content (AvgIpc) is 3.78. The molecular formula is C38H53ClO12. The summed E-state index contributed by atoms with van der Waals surface area (Å²) in [6.07, 6.45) is 0.152. The second kappa shape index (κ2) is 15.9. The van der Waals surface area contributed by atoms with Gasteiger partial charge in [0.25, 0.3) is 5.24 Å². The summed E-state index contributed by atoms with van der Waals surface area (Å²) in [5.74, 6) is -1.68. The number of ether oxygens (including phenoxy) is 9. The molecular weight excluding hydrogens is 684 g/mol. The van der Waals surface area contributed by atoms with Crippen molar-refractivity contribution in [3.63, 3.8) is 0 Å². The van der Waals surface area contributed by atoms with Gasteiger partial charge in [-0.25, -0.2) is 4.79 Å². The molecule has 4 aliphatic heterocycles. The number of aliphatic hydroxyl groups excluding tert-OH is 1. The molecule has 0 radical (unpaired) electrons. The lowest BCUT2D eigenvalue weighted by molar-refractivity contribution is -0.289. The first-order valence-electron chi connectivity index (χ1n) is 16.6. The number of carbonyl (C=O) groups excluding carboxylic acids is 2. The van der Waals surface area contributed by atoms with Crippen molar-refractivity contribution in [3.8, 4) is 0 Å². The maximum atomic E-state index is 12.4. The fourth-order valence-electron chi connectivity index (χ4n) is 7.33. The molecule has 6 aliphatic rings. The van der Waals surface area contributed by atoms with E-state index in [0.717, 1.165) is 25.7 Å². The second-order valence-corrected chi connectivity index (χ2v) is 14.2. The van der Waals surface area contributed by atoms with E-state index in [2.05, 4.69) is 0 Å². The molecule has 2 unspecified atom stereocenters. The lowest BCUT2D eigenvalue weighted by Crippen LogP contribution is -2.61. The van der Waals surface area contributed by atoms with Gasteiger partial charge in [0.2, 0.25) is 0 Å². The molecule has 2 saturated carbocycles. The number of methoxy groups -OCH3 is 2. The molecule has 4 heterocycles. The summed E-state index contributed by atoms with van der Waals surface area (Å²) in [7, 11) is 3.17. The minimum absolute atomic E-state index is 0. The SMILES string of the molecule is C.C.CO[C@@H]1O[C@]2(CC[C@H]2O)[C@@H]2OC(C)(C)OC12.CO[C@@H]1O[C@]2(CC[C@H]2OC(=O)c2ccccc2)[C@@H]2OC(C)(C)OC12.O=C(Cl)c1ccccc1. The predicted octanol–water partition coefficient (Wildman–Crippen LogP) is 6.01. The Morgan fingerprint density at radius 3 is 1.51 bits per heavy atom. The Morgan fingerprint density at radius 2 is 1.14 bits per heavy atom. The number of rotatable bonds is 5. The van der Waals surface area contributed by atoms with E-state index in [1.807, 2.05) is 52.0 Å². The van der Waals surface area contributed by atoms with Gasteiger partial charge < -0.3 is 47.7 Å². The van der Waals surface area contributed by atoms with Gasteiger partial charge in [-0.15, -0.1) is 0 Å². The molecule has 0 amide bonds. The first kappa shape index (κ1) is 41.3. The molecule has 2 aliphatic carbocycles. The first-order chi connectivity index (χ1) is 23.2. The summed E-state index contributed by atoms with van der Waals surface area (Å²) in [5.41, 5.74) is -0.233. The minimum atomic E-state index is -0.702. The molecule has 1 N–H and O–H groups in total. The Labute approximate surface area is 305 Å². The Morgan fingerprint density at radius 1 is 0.686 bits per heavy atom. The molecule has 0 bridgehead atoms. The fraction of sp³-hybridized carbons (Fsp3) is 0.632. The summed E-state index contributed by atoms with van der Waals surface area (Å²) in [6.45, 7) is 7.48. The lowest BCUT2D eigenvalue weighted by Gasteiger charge is -2.47. The van der Waals surface area contributed by atoms with Crippen molar-refractivity contribution in [2.75, 3.05) is 14.2 Å². The highest BCUT2D eigenvalue weighted by Gasteiger charge is 2.71. The smallest absolute Gasteiger partial charge is 0.338 e. The summed E-state index contributed by atoms with van der Waals surface area (Å²) < 4.78 is 51.9. The van der Waals surface area contributed by atoms with E-state index in [9.17, 15) is 14.7 Å². The average molecular weight is 737 g/mol. The van der Waals surface area contributed by atoms with Crippen LogP contribution in [0.25, 0.3) is 0 Å². The van der Waals surface area contributed by atoms with Gasteiger partial charge in [0.1, 0.15) is 41.7 Å². The number of benzene rings is 2. The van der Waals surface area contributed by atoms with E-state index < -0.39 is 46.7 Å². The van der Waals surface area contributed by atoms with Gasteiger partial charge in [-0.1, -0.05) is 63.4 Å². The van der Waals surface area contributed by atoms with Crippen LogP contribution >= 0.6 is 11.6 Å². The van der Waals surface area contributed by atoms with Crippen molar-refractivity contribution >= 4 is 22.8 Å². The minimum Gasteiger partial charge on any atom is -0.456 e. The van der Waals surface area contributed by atoms with Crippen molar-refractivity contribution in [1.82, 2.24) is 0 Å². The van der Waals surface area contributed by atoms with Crippen LogP contribution < -0.4 is 0 Å². The zero-order valence-electron chi connectivity index (χ0n) is 28.5. The van der Waals surface area contributed by atoms with Crippen LogP contribution in [0.5, 0.6) is 0 Å². The molecule has 2 aromatic rings. The van der Waals surface area contributed by atoms with Crippen molar-refractivity contribution in [3.05, 3.63) is 71.8 Å². The quantitative estimate of drug-likeness (QED) is 0.284. The van der Waals surface area contributed by atoms with E-state index in [4.69, 9.17) is 54.2 Å². The maximum Gasteiger partial charge on any atom is 0.338 e. The molecule has 51 heavy (non-hydrogen) atoms. The highest BCUT2D eigenvalue weighted by Crippen LogP contribution is 2.55. The van der Waals surface area contributed by atoms with Crippen molar-refractivity contribution in [2.24, 2.45) is 0 Å². The summed E-state index contributed by atoms with van der Waals surface area (Å²) in [5, 5.41) is 9.51. The van der Waals surface area contributed by atoms with Crippen molar-refractivity contribution in [2.45, 2.75) is 140 Å². The van der Waals surface area contributed by atoms with E-state index in [0.29, 0.717) is 11.1 Å². The third kappa shape index (κ3) is 7.91. The first-order valence-corrected chi connectivity index (χ1v) is 16.9. The molecule has 2 aromatic carbocycles. The van der Waals surface area contributed by atoms with Crippen LogP contribution in [0.1, 0.15) is 88.9 Å². The summed E-state index contributed by atoms with van der Waals surface area (Å²) >= 11 is 5.16. The Balaban J connectivity index is 0.000000187. The van der Waals surface area contributed by atoms with E-state index in [-0.39, 0.29) is 51.3 Å². The summed E-state index contributed by atoms with van der Waals surface area (Å²) in [6, 6.07) is 17.7. The molecule has 6 fully saturated rings. The number of hydrogen-bond acceptors (Lipinski definition) is 12. The number of carbonyl (C=O) groups is 2. The summed E-state index contributed by atoms with van der Waals surface area (Å²) in [4.78, 5) is 22.8. The second-order valence-electron chi connectivity index (χ2n) is 13.9. The Bertz CT molecular complexity index is 1470. The van der Waals surface area contributed by atoms with Crippen LogP contribution in [0.2, 0.25) is 0 Å². The van der Waals surface area contributed by atoms with Gasteiger partial charge in [-0.05, 0) is 77.1 Å². The molecule has 2 spiro atoms. The zero-order valence-corrected chi connectivity index (χ0v) is 29.3. The van der Waals surface area contributed by atoms with Gasteiger partial charge in [0, 0.05) is 19.8 Å². The van der Waals surface area contributed by atoms with Gasteiger partial charge >= 0.3 is 5.97 Å². The largest absolute Gasteiger partial charge is 0.456 e. The topological polar surface area (TPSA) is 137 Å². The van der Waals surface area contributed by atoms with E-state index in [1.165, 1.54) is 0 Å². The predicted molar refractivity (Wildman–Crippen MR) is 187 cm³/mol. The maximum absolute atomic E-state index is 12.4. The van der Waals surface area contributed by atoms with Gasteiger partial charge in [0.15, 0.2) is 24.2 Å². The van der Waals surface area contributed by atoms with Crippen LogP contribution in [0, 0.1) is 0 Å². The molecule has 10 atom stereocenters. The van der Waals surface area contributed by atoms with Gasteiger partial charge in [-0.2, -0.15) is 0 Å². The lowest BCUT2D eigenvalue weighted by atomic mass is 9.72. The monoisotopic (exact) mass is 736 g/mol. The van der Waals surface area contributed by atoms with Crippen LogP contribution in [-0.4, -0.2) is 103 Å². The number of esters is 1. The highest BCUT2D eigenvalue weighted by molar-refractivity contribution is 6.67. The number of aliphatic hydroxyl groups is 1. The van der Waals surface area contributed by atoms with Gasteiger partial charge in [-0.3, -0.25) is 4.79 Å². The van der Waals surface area contributed by atoms with Crippen molar-refractivity contribution in [1.29, 1.82) is 0 Å². The normalized spacial score (nSPS) is 37.1. The van der Waals surface area contributed by atoms with E-state index in [1.54, 1.807) is 50.6 Å². The van der Waals surface area contributed by atoms with E-state index >= 15 is 0 Å². The molecule has 284 valence electrons. The molecule has 13 heteroatoms. The third-order valence-corrected chi connectivity index (χ3v) is 10.1. The number of fused-ring (bicyclic) bond motifs is 4. The molecule has 8 rings (SSSR count). The fourth-order valence-corrected chi connectivity index (χ4v) is 7.46. The van der Waals surface area contributed by atoms with Crippen LogP contribution in [0.3, 0.4) is 0 Å².